The predicted octanol–water partition coefficient (Wildman–Crippen LogP) is 3.77. The second kappa shape index (κ2) is 5.60. The van der Waals surface area contributed by atoms with Crippen molar-refractivity contribution in [2.45, 2.75) is 33.3 Å². The fraction of sp³-hybridized carbons (Fsp3) is 0.278. The Morgan fingerprint density at radius 1 is 1.05 bits per heavy atom. The summed E-state index contributed by atoms with van der Waals surface area (Å²) in [7, 11) is 0. The molecule has 0 aliphatic carbocycles. The first-order valence-corrected chi connectivity index (χ1v) is 7.23. The summed E-state index contributed by atoms with van der Waals surface area (Å²) in [6.07, 6.45) is 1.37. The third-order valence-electron chi connectivity index (χ3n) is 3.95. The Hall–Kier alpha value is -2.29. The van der Waals surface area contributed by atoms with Gasteiger partial charge in [0.25, 0.3) is 0 Å². The quantitative estimate of drug-likeness (QED) is 0.930. The van der Waals surface area contributed by atoms with Gasteiger partial charge in [0, 0.05) is 18.2 Å². The summed E-state index contributed by atoms with van der Waals surface area (Å²) in [5.74, 6) is 0.864. The second-order valence-electron chi connectivity index (χ2n) is 5.57. The number of anilines is 1. The molecule has 1 N–H and O–H groups in total. The van der Waals surface area contributed by atoms with Crippen molar-refractivity contribution in [2.75, 3.05) is 5.32 Å². The van der Waals surface area contributed by atoms with Crippen LogP contribution in [0.1, 0.15) is 28.7 Å². The smallest absolute Gasteiger partial charge is 0.224 e. The van der Waals surface area contributed by atoms with Crippen LogP contribution in [0.5, 0.6) is 5.75 Å². The topological polar surface area (TPSA) is 38.3 Å². The molecule has 1 amide bonds. The van der Waals surface area contributed by atoms with Gasteiger partial charge in [0.05, 0.1) is 0 Å². The minimum Gasteiger partial charge on any atom is -0.489 e. The molecule has 0 aromatic heterocycles. The van der Waals surface area contributed by atoms with Crippen LogP contribution < -0.4 is 10.1 Å². The van der Waals surface area contributed by atoms with Crippen molar-refractivity contribution in [3.05, 3.63) is 58.7 Å². The van der Waals surface area contributed by atoms with Gasteiger partial charge in [0.1, 0.15) is 12.4 Å². The van der Waals surface area contributed by atoms with Crippen LogP contribution in [-0.4, -0.2) is 5.91 Å². The number of nitrogens with one attached hydrogen (secondary N) is 1. The maximum Gasteiger partial charge on any atom is 0.224 e. The first kappa shape index (κ1) is 13.7. The molecule has 2 aromatic rings. The van der Waals surface area contributed by atoms with Crippen LogP contribution in [-0.2, 0) is 17.8 Å². The molecule has 0 fully saturated rings. The van der Waals surface area contributed by atoms with Gasteiger partial charge in [-0.2, -0.15) is 0 Å². The Morgan fingerprint density at radius 2 is 1.90 bits per heavy atom. The Balaban J connectivity index is 1.72. The molecule has 0 spiro atoms. The average molecular weight is 281 g/mol. The molecule has 1 heterocycles. The zero-order valence-electron chi connectivity index (χ0n) is 12.4. The van der Waals surface area contributed by atoms with Crippen LogP contribution in [0.2, 0.25) is 0 Å². The molecule has 2 aromatic carbocycles. The van der Waals surface area contributed by atoms with E-state index in [1.165, 1.54) is 16.7 Å². The normalized spacial score (nSPS) is 13.5. The molecule has 0 radical (unpaired) electrons. The molecule has 3 nitrogen and oxygen atoms in total. The number of rotatable bonds is 3. The maximum absolute atomic E-state index is 11.4. The summed E-state index contributed by atoms with van der Waals surface area (Å²) in [5, 5.41) is 2.90. The first-order valence-electron chi connectivity index (χ1n) is 7.23. The number of hydrogen-bond donors (Lipinski definition) is 1. The number of hydrogen-bond acceptors (Lipinski definition) is 2. The van der Waals surface area contributed by atoms with Gasteiger partial charge >= 0.3 is 0 Å². The summed E-state index contributed by atoms with van der Waals surface area (Å²) in [4.78, 5) is 11.4. The fourth-order valence-electron chi connectivity index (χ4n) is 2.50. The van der Waals surface area contributed by atoms with E-state index in [4.69, 9.17) is 4.74 Å². The molecule has 3 heteroatoms. The zero-order valence-corrected chi connectivity index (χ0v) is 12.4. The number of benzene rings is 2. The molecular weight excluding hydrogens is 262 g/mol. The molecule has 0 saturated carbocycles. The van der Waals surface area contributed by atoms with Crippen LogP contribution in [0.3, 0.4) is 0 Å². The van der Waals surface area contributed by atoms with Gasteiger partial charge in [-0.25, -0.2) is 0 Å². The number of aryl methyl sites for hydroxylation is 3. The standard InChI is InChI=1S/C18H19NO2/c1-12-3-4-14(9-13(12)2)11-21-16-7-5-15-6-8-18(20)19-17(15)10-16/h3-5,7,9-10H,6,8,11H2,1-2H3,(H,19,20). The van der Waals surface area contributed by atoms with Gasteiger partial charge < -0.3 is 10.1 Å². The third-order valence-corrected chi connectivity index (χ3v) is 3.95. The van der Waals surface area contributed by atoms with Crippen molar-refractivity contribution in [3.63, 3.8) is 0 Å². The van der Waals surface area contributed by atoms with Gasteiger partial charge in [0.15, 0.2) is 0 Å². The molecule has 0 atom stereocenters. The van der Waals surface area contributed by atoms with E-state index in [1.54, 1.807) is 0 Å². The van der Waals surface area contributed by atoms with E-state index in [2.05, 4.69) is 37.4 Å². The minimum atomic E-state index is 0.0776. The molecule has 0 bridgehead atoms. The molecule has 0 unspecified atom stereocenters. The molecule has 108 valence electrons. The Bertz CT molecular complexity index is 692. The van der Waals surface area contributed by atoms with Crippen molar-refractivity contribution >= 4 is 11.6 Å². The fourth-order valence-corrected chi connectivity index (χ4v) is 2.50. The number of amides is 1. The predicted molar refractivity (Wildman–Crippen MR) is 83.6 cm³/mol. The van der Waals surface area contributed by atoms with E-state index in [0.29, 0.717) is 13.0 Å². The van der Waals surface area contributed by atoms with Gasteiger partial charge in [0.2, 0.25) is 5.91 Å². The van der Waals surface area contributed by atoms with Crippen molar-refractivity contribution in [1.82, 2.24) is 0 Å². The molecule has 1 aliphatic heterocycles. The van der Waals surface area contributed by atoms with Gasteiger partial charge in [-0.1, -0.05) is 24.3 Å². The maximum atomic E-state index is 11.4. The lowest BCUT2D eigenvalue weighted by Crippen LogP contribution is -2.18. The SMILES string of the molecule is Cc1ccc(COc2ccc3c(c2)NC(=O)CC3)cc1C. The number of fused-ring (bicyclic) bond motifs is 1. The molecule has 21 heavy (non-hydrogen) atoms. The highest BCUT2D eigenvalue weighted by Crippen LogP contribution is 2.27. The van der Waals surface area contributed by atoms with Crippen LogP contribution in [0.4, 0.5) is 5.69 Å². The van der Waals surface area contributed by atoms with E-state index in [1.807, 2.05) is 18.2 Å². The zero-order chi connectivity index (χ0) is 14.8. The van der Waals surface area contributed by atoms with Gasteiger partial charge in [-0.05, 0) is 48.6 Å². The van der Waals surface area contributed by atoms with Crippen molar-refractivity contribution in [3.8, 4) is 5.75 Å². The largest absolute Gasteiger partial charge is 0.489 e. The highest BCUT2D eigenvalue weighted by molar-refractivity contribution is 5.94. The van der Waals surface area contributed by atoms with E-state index in [0.717, 1.165) is 23.4 Å². The lowest BCUT2D eigenvalue weighted by Gasteiger charge is -2.17. The van der Waals surface area contributed by atoms with Crippen LogP contribution in [0.25, 0.3) is 0 Å². The number of carbonyl (C=O) groups excluding carboxylic acids is 1. The van der Waals surface area contributed by atoms with E-state index in [9.17, 15) is 4.79 Å². The average Bonchev–Trinajstić information content (AvgIpc) is 2.48. The third kappa shape index (κ3) is 3.07. The summed E-state index contributed by atoms with van der Waals surface area (Å²) in [6, 6.07) is 12.3. The second-order valence-corrected chi connectivity index (χ2v) is 5.57. The lowest BCUT2D eigenvalue weighted by molar-refractivity contribution is -0.116. The van der Waals surface area contributed by atoms with Gasteiger partial charge in [-0.3, -0.25) is 4.79 Å². The summed E-state index contributed by atoms with van der Waals surface area (Å²) < 4.78 is 5.84. The highest BCUT2D eigenvalue weighted by atomic mass is 16.5. The summed E-state index contributed by atoms with van der Waals surface area (Å²) in [5.41, 5.74) is 5.76. The molecule has 0 saturated heterocycles. The summed E-state index contributed by atoms with van der Waals surface area (Å²) in [6.45, 7) is 4.74. The monoisotopic (exact) mass is 281 g/mol. The molecule has 3 rings (SSSR count). The highest BCUT2D eigenvalue weighted by Gasteiger charge is 2.15. The van der Waals surface area contributed by atoms with Crippen LogP contribution in [0.15, 0.2) is 36.4 Å². The Labute approximate surface area is 124 Å². The number of ether oxygens (including phenoxy) is 1. The molecule has 1 aliphatic rings. The first-order chi connectivity index (χ1) is 10.1. The lowest BCUT2D eigenvalue weighted by atomic mass is 10.0. The van der Waals surface area contributed by atoms with Gasteiger partial charge in [-0.15, -0.1) is 0 Å². The van der Waals surface area contributed by atoms with Crippen LogP contribution in [0, 0.1) is 13.8 Å². The minimum absolute atomic E-state index is 0.0776. The molecular formula is C18H19NO2. The van der Waals surface area contributed by atoms with Crippen LogP contribution >= 0.6 is 0 Å². The van der Waals surface area contributed by atoms with E-state index >= 15 is 0 Å². The van der Waals surface area contributed by atoms with E-state index in [-0.39, 0.29) is 5.91 Å². The Morgan fingerprint density at radius 3 is 2.71 bits per heavy atom. The van der Waals surface area contributed by atoms with Crippen molar-refractivity contribution in [1.29, 1.82) is 0 Å². The summed E-state index contributed by atoms with van der Waals surface area (Å²) >= 11 is 0. The van der Waals surface area contributed by atoms with E-state index < -0.39 is 0 Å². The Kier molecular flexibility index (Phi) is 3.65. The van der Waals surface area contributed by atoms with Crippen molar-refractivity contribution < 1.29 is 9.53 Å². The van der Waals surface area contributed by atoms with Crippen molar-refractivity contribution in [2.24, 2.45) is 0 Å². The number of carbonyl (C=O) groups is 1.